The lowest BCUT2D eigenvalue weighted by Crippen LogP contribution is -2.02. The summed E-state index contributed by atoms with van der Waals surface area (Å²) < 4.78 is 11.8. The largest absolute Gasteiger partial charge is 0.494 e. The molecular weight excluding hydrogens is 464 g/mol. The van der Waals surface area contributed by atoms with Gasteiger partial charge in [0.1, 0.15) is 22.4 Å². The molecule has 2 aromatic heterocycles. The van der Waals surface area contributed by atoms with E-state index in [-0.39, 0.29) is 0 Å². The second-order valence-electron chi connectivity index (χ2n) is 6.34. The first-order valence-electron chi connectivity index (χ1n) is 9.11. The first-order valence-corrected chi connectivity index (χ1v) is 10.8. The molecule has 0 aliphatic heterocycles. The highest BCUT2D eigenvalue weighted by Gasteiger charge is 2.14. The Morgan fingerprint density at radius 3 is 2.80 bits per heavy atom. The SMILES string of the molecule is CCOc1ccc(C=C(C#N)c2nc(-c3cc4cc(Br)ccc4oc3=O)cs2)cc1. The van der Waals surface area contributed by atoms with Gasteiger partial charge in [-0.3, -0.25) is 0 Å². The van der Waals surface area contributed by atoms with Crippen molar-refractivity contribution in [1.82, 2.24) is 4.98 Å². The quantitative estimate of drug-likeness (QED) is 0.254. The minimum absolute atomic E-state index is 0.362. The van der Waals surface area contributed by atoms with Crippen LogP contribution in [0.1, 0.15) is 17.5 Å². The molecule has 30 heavy (non-hydrogen) atoms. The van der Waals surface area contributed by atoms with Crippen LogP contribution in [-0.2, 0) is 0 Å². The lowest BCUT2D eigenvalue weighted by atomic mass is 10.1. The molecule has 5 nitrogen and oxygen atoms in total. The predicted molar refractivity (Wildman–Crippen MR) is 122 cm³/mol. The van der Waals surface area contributed by atoms with Gasteiger partial charge in [-0.15, -0.1) is 11.3 Å². The molecule has 7 heteroatoms. The highest BCUT2D eigenvalue weighted by atomic mass is 79.9. The van der Waals surface area contributed by atoms with Crippen LogP contribution in [0, 0.1) is 11.3 Å². The maximum Gasteiger partial charge on any atom is 0.345 e. The smallest absolute Gasteiger partial charge is 0.345 e. The number of fused-ring (bicyclic) bond motifs is 1. The molecule has 0 unspecified atom stereocenters. The van der Waals surface area contributed by atoms with E-state index in [1.165, 1.54) is 11.3 Å². The molecule has 2 heterocycles. The summed E-state index contributed by atoms with van der Waals surface area (Å²) in [5.74, 6) is 0.777. The Morgan fingerprint density at radius 1 is 1.27 bits per heavy atom. The molecule has 2 aromatic carbocycles. The molecule has 0 amide bonds. The van der Waals surface area contributed by atoms with E-state index < -0.39 is 5.63 Å². The van der Waals surface area contributed by atoms with Crippen LogP contribution in [-0.4, -0.2) is 11.6 Å². The van der Waals surface area contributed by atoms with E-state index in [1.807, 2.05) is 43.3 Å². The van der Waals surface area contributed by atoms with Crippen molar-refractivity contribution < 1.29 is 9.15 Å². The number of hydrogen-bond acceptors (Lipinski definition) is 6. The van der Waals surface area contributed by atoms with Gasteiger partial charge >= 0.3 is 5.63 Å². The number of aromatic nitrogens is 1. The monoisotopic (exact) mass is 478 g/mol. The molecule has 0 aliphatic carbocycles. The number of ether oxygens (including phenoxy) is 1. The third kappa shape index (κ3) is 4.20. The van der Waals surface area contributed by atoms with Gasteiger partial charge in [0.15, 0.2) is 0 Å². The lowest BCUT2D eigenvalue weighted by Gasteiger charge is -2.02. The minimum atomic E-state index is -0.462. The average molecular weight is 479 g/mol. The van der Waals surface area contributed by atoms with Crippen LogP contribution < -0.4 is 10.4 Å². The zero-order chi connectivity index (χ0) is 21.1. The fourth-order valence-corrected chi connectivity index (χ4v) is 4.09. The summed E-state index contributed by atoms with van der Waals surface area (Å²) in [6.07, 6.45) is 1.76. The molecule has 0 saturated carbocycles. The molecule has 0 fully saturated rings. The van der Waals surface area contributed by atoms with Crippen LogP contribution in [0.5, 0.6) is 5.75 Å². The molecule has 4 aromatic rings. The van der Waals surface area contributed by atoms with E-state index in [0.717, 1.165) is 21.2 Å². The van der Waals surface area contributed by atoms with Gasteiger partial charge in [0, 0.05) is 15.2 Å². The van der Waals surface area contributed by atoms with Crippen LogP contribution in [0.25, 0.3) is 33.9 Å². The Morgan fingerprint density at radius 2 is 2.07 bits per heavy atom. The molecule has 0 saturated heterocycles. The topological polar surface area (TPSA) is 76.1 Å². The number of allylic oxidation sites excluding steroid dienone is 1. The molecule has 0 bridgehead atoms. The third-order valence-corrected chi connectivity index (χ3v) is 5.70. The Balaban J connectivity index is 1.69. The van der Waals surface area contributed by atoms with Crippen LogP contribution in [0.15, 0.2) is 67.6 Å². The van der Waals surface area contributed by atoms with E-state index in [2.05, 4.69) is 27.0 Å². The van der Waals surface area contributed by atoms with E-state index in [0.29, 0.717) is 34.0 Å². The number of rotatable bonds is 5. The first-order chi connectivity index (χ1) is 14.6. The van der Waals surface area contributed by atoms with Gasteiger partial charge < -0.3 is 9.15 Å². The summed E-state index contributed by atoms with van der Waals surface area (Å²) in [7, 11) is 0. The van der Waals surface area contributed by atoms with Crippen LogP contribution in [0.4, 0.5) is 0 Å². The second kappa shape index (κ2) is 8.66. The summed E-state index contributed by atoms with van der Waals surface area (Å²) in [6.45, 7) is 2.52. The highest BCUT2D eigenvalue weighted by molar-refractivity contribution is 9.10. The van der Waals surface area contributed by atoms with E-state index in [9.17, 15) is 10.1 Å². The van der Waals surface area contributed by atoms with Crippen molar-refractivity contribution in [3.63, 3.8) is 0 Å². The maximum atomic E-state index is 12.4. The molecule has 0 spiro atoms. The van der Waals surface area contributed by atoms with Crippen molar-refractivity contribution in [3.05, 3.63) is 79.4 Å². The fourth-order valence-electron chi connectivity index (χ4n) is 2.93. The number of nitriles is 1. The van der Waals surface area contributed by atoms with Crippen molar-refractivity contribution in [3.8, 4) is 23.1 Å². The lowest BCUT2D eigenvalue weighted by molar-refractivity contribution is 0.340. The van der Waals surface area contributed by atoms with E-state index in [4.69, 9.17) is 9.15 Å². The number of benzene rings is 2. The van der Waals surface area contributed by atoms with Crippen LogP contribution in [0.3, 0.4) is 0 Å². The predicted octanol–water partition coefficient (Wildman–Crippen LogP) is 6.14. The zero-order valence-corrected chi connectivity index (χ0v) is 18.3. The maximum absolute atomic E-state index is 12.4. The highest BCUT2D eigenvalue weighted by Crippen LogP contribution is 2.28. The summed E-state index contributed by atoms with van der Waals surface area (Å²) in [6, 6.07) is 16.9. The summed E-state index contributed by atoms with van der Waals surface area (Å²) >= 11 is 4.73. The van der Waals surface area contributed by atoms with Crippen LogP contribution in [0.2, 0.25) is 0 Å². The summed E-state index contributed by atoms with van der Waals surface area (Å²) in [5, 5.41) is 12.7. The Bertz CT molecular complexity index is 1350. The third-order valence-electron chi connectivity index (χ3n) is 4.33. The summed E-state index contributed by atoms with van der Waals surface area (Å²) in [5.41, 5.74) is 2.18. The van der Waals surface area contributed by atoms with E-state index in [1.54, 1.807) is 23.6 Å². The Kier molecular flexibility index (Phi) is 5.79. The molecular formula is C23H15BrN2O3S. The molecule has 4 rings (SSSR count). The molecule has 148 valence electrons. The number of hydrogen-bond donors (Lipinski definition) is 0. The molecule has 0 aliphatic rings. The summed E-state index contributed by atoms with van der Waals surface area (Å²) in [4.78, 5) is 17.0. The fraction of sp³-hybridized carbons (Fsp3) is 0.0870. The standard InChI is InChI=1S/C23H15BrN2O3S/c1-2-28-18-6-3-14(4-7-18)9-16(12-25)22-26-20(13-30-22)19-11-15-10-17(24)5-8-21(15)29-23(19)27/h3-11,13H,2H2,1H3. The number of thiazole rings is 1. The first kappa shape index (κ1) is 20.1. The van der Waals surface area contributed by atoms with Crippen molar-refractivity contribution in [2.24, 2.45) is 0 Å². The van der Waals surface area contributed by atoms with Crippen molar-refractivity contribution in [1.29, 1.82) is 5.26 Å². The Hall–Kier alpha value is -3.21. The minimum Gasteiger partial charge on any atom is -0.494 e. The zero-order valence-electron chi connectivity index (χ0n) is 15.9. The Labute approximate surface area is 185 Å². The van der Waals surface area contributed by atoms with Gasteiger partial charge in [0.25, 0.3) is 0 Å². The molecule has 0 N–H and O–H groups in total. The van der Waals surface area contributed by atoms with Gasteiger partial charge in [-0.05, 0) is 55.0 Å². The van der Waals surface area contributed by atoms with Crippen molar-refractivity contribution in [2.45, 2.75) is 6.92 Å². The van der Waals surface area contributed by atoms with E-state index >= 15 is 0 Å². The van der Waals surface area contributed by atoms with Gasteiger partial charge in [-0.25, -0.2) is 9.78 Å². The number of nitrogens with zero attached hydrogens (tertiary/aromatic N) is 2. The normalized spacial score (nSPS) is 11.4. The molecule has 0 atom stereocenters. The van der Waals surface area contributed by atoms with Gasteiger partial charge in [-0.2, -0.15) is 5.26 Å². The number of halogens is 1. The van der Waals surface area contributed by atoms with Crippen molar-refractivity contribution in [2.75, 3.05) is 6.61 Å². The second-order valence-corrected chi connectivity index (χ2v) is 8.11. The van der Waals surface area contributed by atoms with Gasteiger partial charge in [0.05, 0.1) is 23.4 Å². The molecule has 0 radical (unpaired) electrons. The average Bonchev–Trinajstić information content (AvgIpc) is 3.23. The van der Waals surface area contributed by atoms with Crippen LogP contribution >= 0.6 is 27.3 Å². The van der Waals surface area contributed by atoms with Crippen molar-refractivity contribution >= 4 is 49.9 Å². The van der Waals surface area contributed by atoms with Gasteiger partial charge in [0.2, 0.25) is 0 Å². The van der Waals surface area contributed by atoms with Gasteiger partial charge in [-0.1, -0.05) is 28.1 Å².